The summed E-state index contributed by atoms with van der Waals surface area (Å²) in [6.45, 7) is 2.55. The van der Waals surface area contributed by atoms with E-state index in [1.807, 2.05) is 11.8 Å². The molecule has 0 aromatic carbocycles. The first-order valence-corrected chi connectivity index (χ1v) is 7.19. The van der Waals surface area contributed by atoms with Gasteiger partial charge in [0.25, 0.3) is 0 Å². The standard InChI is InChI=1S/C14H19N3O4/c1-2-16(11-6-4-3-5-7-11)13-12(17(20)21)8-10(9-15-13)14(18)19/h8-9,11H,2-7H2,1H3,(H,18,19). The summed E-state index contributed by atoms with van der Waals surface area (Å²) in [5.74, 6) is -0.933. The van der Waals surface area contributed by atoms with Gasteiger partial charge >= 0.3 is 11.7 Å². The largest absolute Gasteiger partial charge is 0.478 e. The van der Waals surface area contributed by atoms with Crippen molar-refractivity contribution in [3.63, 3.8) is 0 Å². The molecule has 21 heavy (non-hydrogen) atoms. The van der Waals surface area contributed by atoms with Crippen LogP contribution in [0.3, 0.4) is 0 Å². The van der Waals surface area contributed by atoms with Crippen LogP contribution in [-0.2, 0) is 0 Å². The number of anilines is 1. The average Bonchev–Trinajstić information content (AvgIpc) is 2.49. The van der Waals surface area contributed by atoms with Crippen LogP contribution in [0.2, 0.25) is 0 Å². The third-order valence-electron chi connectivity index (χ3n) is 3.92. The molecule has 1 N–H and O–H groups in total. The van der Waals surface area contributed by atoms with Gasteiger partial charge in [-0.1, -0.05) is 19.3 Å². The number of nitro groups is 1. The predicted molar refractivity (Wildman–Crippen MR) is 77.7 cm³/mol. The van der Waals surface area contributed by atoms with Gasteiger partial charge in [-0.25, -0.2) is 9.78 Å². The maximum Gasteiger partial charge on any atom is 0.337 e. The van der Waals surface area contributed by atoms with Gasteiger partial charge < -0.3 is 10.0 Å². The number of nitrogens with zero attached hydrogens (tertiary/aromatic N) is 3. The molecule has 2 rings (SSSR count). The fourth-order valence-corrected chi connectivity index (χ4v) is 2.89. The van der Waals surface area contributed by atoms with Gasteiger partial charge in [-0.15, -0.1) is 0 Å². The number of carbonyl (C=O) groups is 1. The molecule has 0 spiro atoms. The first-order valence-electron chi connectivity index (χ1n) is 7.19. The number of hydrogen-bond acceptors (Lipinski definition) is 5. The second-order valence-electron chi connectivity index (χ2n) is 5.21. The van der Waals surface area contributed by atoms with Gasteiger partial charge in [0.05, 0.1) is 10.5 Å². The highest BCUT2D eigenvalue weighted by molar-refractivity contribution is 5.88. The van der Waals surface area contributed by atoms with E-state index in [9.17, 15) is 14.9 Å². The molecule has 0 atom stereocenters. The maximum atomic E-state index is 11.2. The Balaban J connectivity index is 2.39. The molecule has 0 unspecified atom stereocenters. The van der Waals surface area contributed by atoms with Crippen LogP contribution in [0.25, 0.3) is 0 Å². The first-order chi connectivity index (χ1) is 10.0. The second-order valence-corrected chi connectivity index (χ2v) is 5.21. The van der Waals surface area contributed by atoms with Gasteiger partial charge in [0.2, 0.25) is 5.82 Å². The predicted octanol–water partition coefficient (Wildman–Crippen LogP) is 2.85. The van der Waals surface area contributed by atoms with E-state index in [1.54, 1.807) is 0 Å². The quantitative estimate of drug-likeness (QED) is 0.662. The number of pyridine rings is 1. The summed E-state index contributed by atoms with van der Waals surface area (Å²) in [6, 6.07) is 1.33. The van der Waals surface area contributed by atoms with E-state index in [-0.39, 0.29) is 23.1 Å². The minimum Gasteiger partial charge on any atom is -0.478 e. The molecule has 114 valence electrons. The molecule has 7 heteroatoms. The van der Waals surface area contributed by atoms with Crippen LogP contribution in [0.4, 0.5) is 11.5 Å². The Bertz CT molecular complexity index is 541. The molecule has 1 aliphatic rings. The first kappa shape index (κ1) is 15.2. The van der Waals surface area contributed by atoms with Gasteiger partial charge in [-0.05, 0) is 19.8 Å². The fraction of sp³-hybridized carbons (Fsp3) is 0.571. The van der Waals surface area contributed by atoms with Crippen LogP contribution < -0.4 is 4.90 Å². The number of rotatable bonds is 5. The third-order valence-corrected chi connectivity index (χ3v) is 3.92. The van der Waals surface area contributed by atoms with Crippen LogP contribution in [-0.4, -0.2) is 33.6 Å². The summed E-state index contributed by atoms with van der Waals surface area (Å²) in [5.41, 5.74) is -0.396. The minimum atomic E-state index is -1.21. The normalized spacial score (nSPS) is 15.7. The van der Waals surface area contributed by atoms with Crippen molar-refractivity contribution in [3.8, 4) is 0 Å². The molecule has 0 saturated heterocycles. The molecular weight excluding hydrogens is 274 g/mol. The third kappa shape index (κ3) is 3.29. The van der Waals surface area contributed by atoms with E-state index >= 15 is 0 Å². The van der Waals surface area contributed by atoms with Crippen LogP contribution >= 0.6 is 0 Å². The lowest BCUT2D eigenvalue weighted by Gasteiger charge is -2.34. The van der Waals surface area contributed by atoms with Crippen molar-refractivity contribution in [3.05, 3.63) is 27.9 Å². The maximum absolute atomic E-state index is 11.2. The number of carboxylic acids is 1. The van der Waals surface area contributed by atoms with Crippen LogP contribution in [0, 0.1) is 10.1 Å². The molecule has 0 radical (unpaired) electrons. The van der Waals surface area contributed by atoms with E-state index in [2.05, 4.69) is 4.98 Å². The minimum absolute atomic E-state index is 0.162. The highest BCUT2D eigenvalue weighted by Gasteiger charge is 2.28. The van der Waals surface area contributed by atoms with Gasteiger partial charge in [0.15, 0.2) is 0 Å². The SMILES string of the molecule is CCN(c1ncc(C(=O)O)cc1[N+](=O)[O-])C1CCCCC1. The van der Waals surface area contributed by atoms with Crippen molar-refractivity contribution < 1.29 is 14.8 Å². The molecule has 7 nitrogen and oxygen atoms in total. The van der Waals surface area contributed by atoms with Gasteiger partial charge in [0.1, 0.15) is 0 Å². The Labute approximate surface area is 122 Å². The molecule has 0 amide bonds. The van der Waals surface area contributed by atoms with E-state index in [0.29, 0.717) is 6.54 Å². The summed E-state index contributed by atoms with van der Waals surface area (Å²) < 4.78 is 0. The van der Waals surface area contributed by atoms with Gasteiger partial charge in [0, 0.05) is 24.8 Å². The molecule has 1 fully saturated rings. The Morgan fingerprint density at radius 1 is 1.48 bits per heavy atom. The van der Waals surface area contributed by atoms with Crippen molar-refractivity contribution in [2.45, 2.75) is 45.1 Å². The number of aromatic nitrogens is 1. The van der Waals surface area contributed by atoms with Crippen molar-refractivity contribution in [2.24, 2.45) is 0 Å². The Kier molecular flexibility index (Phi) is 4.72. The number of carboxylic acid groups (broad SMARTS) is 1. The van der Waals surface area contributed by atoms with E-state index in [4.69, 9.17) is 5.11 Å². The molecule has 1 aliphatic carbocycles. The van der Waals surface area contributed by atoms with E-state index < -0.39 is 10.9 Å². The smallest absolute Gasteiger partial charge is 0.337 e. The summed E-state index contributed by atoms with van der Waals surface area (Å²) in [7, 11) is 0. The lowest BCUT2D eigenvalue weighted by atomic mass is 9.94. The highest BCUT2D eigenvalue weighted by atomic mass is 16.6. The van der Waals surface area contributed by atoms with Crippen molar-refractivity contribution in [1.29, 1.82) is 0 Å². The molecule has 1 aromatic rings. The Hall–Kier alpha value is -2.18. The zero-order chi connectivity index (χ0) is 15.4. The lowest BCUT2D eigenvalue weighted by molar-refractivity contribution is -0.384. The topological polar surface area (TPSA) is 96.6 Å². The summed E-state index contributed by atoms with van der Waals surface area (Å²) >= 11 is 0. The molecule has 0 aliphatic heterocycles. The zero-order valence-electron chi connectivity index (χ0n) is 12.0. The Morgan fingerprint density at radius 3 is 2.67 bits per heavy atom. The summed E-state index contributed by atoms with van der Waals surface area (Å²) in [6.07, 6.45) is 6.60. The summed E-state index contributed by atoms with van der Waals surface area (Å²) in [4.78, 5) is 27.6. The van der Waals surface area contributed by atoms with E-state index in [1.165, 1.54) is 12.6 Å². The summed E-state index contributed by atoms with van der Waals surface area (Å²) in [5, 5.41) is 20.2. The second kappa shape index (κ2) is 6.51. The van der Waals surface area contributed by atoms with E-state index in [0.717, 1.165) is 31.7 Å². The highest BCUT2D eigenvalue weighted by Crippen LogP contribution is 2.32. The van der Waals surface area contributed by atoms with Crippen LogP contribution in [0.1, 0.15) is 49.4 Å². The molecule has 1 heterocycles. The molecular formula is C14H19N3O4. The number of hydrogen-bond donors (Lipinski definition) is 1. The van der Waals surface area contributed by atoms with Crippen molar-refractivity contribution >= 4 is 17.5 Å². The van der Waals surface area contributed by atoms with Crippen molar-refractivity contribution in [2.75, 3.05) is 11.4 Å². The van der Waals surface area contributed by atoms with Crippen molar-refractivity contribution in [1.82, 2.24) is 4.98 Å². The lowest BCUT2D eigenvalue weighted by Crippen LogP contribution is -2.37. The Morgan fingerprint density at radius 2 is 2.14 bits per heavy atom. The average molecular weight is 293 g/mol. The van der Waals surface area contributed by atoms with Gasteiger partial charge in [-0.3, -0.25) is 10.1 Å². The molecule has 0 bridgehead atoms. The molecule has 1 aromatic heterocycles. The monoisotopic (exact) mass is 293 g/mol. The fourth-order valence-electron chi connectivity index (χ4n) is 2.89. The zero-order valence-corrected chi connectivity index (χ0v) is 12.0. The van der Waals surface area contributed by atoms with Crippen LogP contribution in [0.15, 0.2) is 12.3 Å². The van der Waals surface area contributed by atoms with Crippen LogP contribution in [0.5, 0.6) is 0 Å². The molecule has 1 saturated carbocycles. The number of aromatic carboxylic acids is 1. The van der Waals surface area contributed by atoms with Gasteiger partial charge in [-0.2, -0.15) is 0 Å².